The Hall–Kier alpha value is -1.14. The molecule has 2 rings (SSSR count). The molecule has 0 atom stereocenters. The zero-order valence-electron chi connectivity index (χ0n) is 10.3. The standard InChI is InChI=1S/C14H13ClINO2/c1-19-13-7-10(15)6-9(14(13)18)8-17-12-5-3-2-4-11(12)16/h2-7,17-18H,8H2,1H3. The minimum atomic E-state index is 0.116. The van der Waals surface area contributed by atoms with Gasteiger partial charge in [-0.3, -0.25) is 0 Å². The van der Waals surface area contributed by atoms with Crippen molar-refractivity contribution in [2.24, 2.45) is 0 Å². The number of para-hydroxylation sites is 1. The Balaban J connectivity index is 2.20. The van der Waals surface area contributed by atoms with Crippen molar-refractivity contribution < 1.29 is 9.84 Å². The van der Waals surface area contributed by atoms with Crippen LogP contribution in [0.5, 0.6) is 11.5 Å². The molecule has 5 heteroatoms. The van der Waals surface area contributed by atoms with Crippen LogP contribution in [0.25, 0.3) is 0 Å². The lowest BCUT2D eigenvalue weighted by atomic mass is 10.1. The molecule has 0 radical (unpaired) electrons. The van der Waals surface area contributed by atoms with Crippen molar-refractivity contribution in [1.82, 2.24) is 0 Å². The Labute approximate surface area is 130 Å². The molecule has 2 aromatic rings. The largest absolute Gasteiger partial charge is 0.504 e. The van der Waals surface area contributed by atoms with Gasteiger partial charge in [0.05, 0.1) is 7.11 Å². The van der Waals surface area contributed by atoms with Crippen molar-refractivity contribution in [1.29, 1.82) is 0 Å². The Bertz CT molecular complexity index is 590. The summed E-state index contributed by atoms with van der Waals surface area (Å²) in [5.74, 6) is 0.498. The van der Waals surface area contributed by atoms with E-state index < -0.39 is 0 Å². The van der Waals surface area contributed by atoms with Crippen LogP contribution in [0.15, 0.2) is 36.4 Å². The molecule has 0 bridgehead atoms. The van der Waals surface area contributed by atoms with Gasteiger partial charge in [0.25, 0.3) is 0 Å². The van der Waals surface area contributed by atoms with Gasteiger partial charge in [0.1, 0.15) is 0 Å². The summed E-state index contributed by atoms with van der Waals surface area (Å²) in [6, 6.07) is 11.3. The summed E-state index contributed by atoms with van der Waals surface area (Å²) in [6.07, 6.45) is 0. The van der Waals surface area contributed by atoms with Crippen LogP contribution in [-0.2, 0) is 6.54 Å². The first-order valence-electron chi connectivity index (χ1n) is 5.65. The first-order chi connectivity index (χ1) is 9.11. The Kier molecular flexibility index (Phi) is 4.76. The molecular weight excluding hydrogens is 377 g/mol. The van der Waals surface area contributed by atoms with Gasteiger partial charge in [0, 0.05) is 32.5 Å². The minimum Gasteiger partial charge on any atom is -0.504 e. The van der Waals surface area contributed by atoms with Crippen molar-refractivity contribution in [3.05, 3.63) is 50.6 Å². The highest BCUT2D eigenvalue weighted by Gasteiger charge is 2.10. The van der Waals surface area contributed by atoms with Gasteiger partial charge >= 0.3 is 0 Å². The second-order valence-corrected chi connectivity index (χ2v) is 5.55. The van der Waals surface area contributed by atoms with Crippen LogP contribution >= 0.6 is 34.2 Å². The molecule has 0 saturated carbocycles. The smallest absolute Gasteiger partial charge is 0.162 e. The van der Waals surface area contributed by atoms with Gasteiger partial charge in [-0.05, 0) is 40.8 Å². The quantitative estimate of drug-likeness (QED) is 0.767. The van der Waals surface area contributed by atoms with E-state index in [1.807, 2.05) is 24.3 Å². The number of methoxy groups -OCH3 is 1. The molecule has 0 heterocycles. The molecule has 2 aromatic carbocycles. The minimum absolute atomic E-state index is 0.116. The lowest BCUT2D eigenvalue weighted by Crippen LogP contribution is -2.02. The van der Waals surface area contributed by atoms with E-state index in [4.69, 9.17) is 16.3 Å². The van der Waals surface area contributed by atoms with Crippen LogP contribution < -0.4 is 10.1 Å². The molecule has 0 saturated heterocycles. The third-order valence-electron chi connectivity index (χ3n) is 2.68. The summed E-state index contributed by atoms with van der Waals surface area (Å²) >= 11 is 8.25. The zero-order valence-corrected chi connectivity index (χ0v) is 13.2. The SMILES string of the molecule is COc1cc(Cl)cc(CNc2ccccc2I)c1O. The van der Waals surface area contributed by atoms with Gasteiger partial charge in [-0.25, -0.2) is 0 Å². The van der Waals surface area contributed by atoms with E-state index in [1.54, 1.807) is 12.1 Å². The number of phenols is 1. The maximum atomic E-state index is 10.0. The average Bonchev–Trinajstić information content (AvgIpc) is 2.41. The van der Waals surface area contributed by atoms with Crippen LogP contribution in [0, 0.1) is 3.57 Å². The maximum absolute atomic E-state index is 10.0. The summed E-state index contributed by atoms with van der Waals surface area (Å²) in [7, 11) is 1.50. The Morgan fingerprint density at radius 3 is 2.74 bits per heavy atom. The highest BCUT2D eigenvalue weighted by molar-refractivity contribution is 14.1. The lowest BCUT2D eigenvalue weighted by molar-refractivity contribution is 0.371. The lowest BCUT2D eigenvalue weighted by Gasteiger charge is -2.12. The molecule has 0 aliphatic rings. The molecule has 0 aliphatic carbocycles. The fourth-order valence-corrected chi connectivity index (χ4v) is 2.52. The molecule has 0 aliphatic heterocycles. The predicted molar refractivity (Wildman–Crippen MR) is 86.2 cm³/mol. The molecule has 0 fully saturated rings. The summed E-state index contributed by atoms with van der Waals surface area (Å²) in [6.45, 7) is 0.475. The highest BCUT2D eigenvalue weighted by atomic mass is 127. The van der Waals surface area contributed by atoms with Crippen LogP contribution in [0.1, 0.15) is 5.56 Å². The Morgan fingerprint density at radius 1 is 1.32 bits per heavy atom. The monoisotopic (exact) mass is 389 g/mol. The van der Waals surface area contributed by atoms with E-state index in [2.05, 4.69) is 27.9 Å². The van der Waals surface area contributed by atoms with Gasteiger partial charge in [-0.1, -0.05) is 23.7 Å². The molecule has 2 N–H and O–H groups in total. The predicted octanol–water partition coefficient (Wildman–Crippen LogP) is 4.27. The highest BCUT2D eigenvalue weighted by Crippen LogP contribution is 2.34. The molecule has 0 amide bonds. The van der Waals surface area contributed by atoms with Crippen molar-refractivity contribution in [2.75, 3.05) is 12.4 Å². The van der Waals surface area contributed by atoms with Gasteiger partial charge in [-0.15, -0.1) is 0 Å². The third kappa shape index (κ3) is 3.45. The number of rotatable bonds is 4. The number of ether oxygens (including phenoxy) is 1. The topological polar surface area (TPSA) is 41.5 Å². The van der Waals surface area contributed by atoms with Crippen molar-refractivity contribution in [2.45, 2.75) is 6.54 Å². The third-order valence-corrected chi connectivity index (χ3v) is 3.84. The van der Waals surface area contributed by atoms with Crippen LogP contribution in [0.3, 0.4) is 0 Å². The second kappa shape index (κ2) is 6.34. The first kappa shape index (κ1) is 14.3. The number of hydrogen-bond donors (Lipinski definition) is 2. The Morgan fingerprint density at radius 2 is 2.05 bits per heavy atom. The maximum Gasteiger partial charge on any atom is 0.162 e. The van der Waals surface area contributed by atoms with E-state index in [0.717, 1.165) is 9.26 Å². The van der Waals surface area contributed by atoms with E-state index >= 15 is 0 Å². The van der Waals surface area contributed by atoms with Gasteiger partial charge in [0.15, 0.2) is 11.5 Å². The molecular formula is C14H13ClINO2. The second-order valence-electron chi connectivity index (χ2n) is 3.95. The summed E-state index contributed by atoms with van der Waals surface area (Å²) in [5, 5.41) is 13.8. The fourth-order valence-electron chi connectivity index (χ4n) is 1.71. The number of phenolic OH excluding ortho intramolecular Hbond substituents is 1. The number of hydrogen-bond acceptors (Lipinski definition) is 3. The number of aromatic hydroxyl groups is 1. The van der Waals surface area contributed by atoms with Crippen LogP contribution in [0.4, 0.5) is 5.69 Å². The number of anilines is 1. The van der Waals surface area contributed by atoms with Gasteiger partial charge < -0.3 is 15.2 Å². The van der Waals surface area contributed by atoms with Crippen molar-refractivity contribution >= 4 is 39.9 Å². The molecule has 19 heavy (non-hydrogen) atoms. The molecule has 100 valence electrons. The van der Waals surface area contributed by atoms with Crippen LogP contribution in [-0.4, -0.2) is 12.2 Å². The first-order valence-corrected chi connectivity index (χ1v) is 7.11. The fraction of sp³-hybridized carbons (Fsp3) is 0.143. The average molecular weight is 390 g/mol. The van der Waals surface area contributed by atoms with E-state index in [1.165, 1.54) is 7.11 Å². The molecule has 0 spiro atoms. The molecule has 0 aromatic heterocycles. The van der Waals surface area contributed by atoms with Crippen LogP contribution in [0.2, 0.25) is 5.02 Å². The van der Waals surface area contributed by atoms with E-state index in [9.17, 15) is 5.11 Å². The van der Waals surface area contributed by atoms with E-state index in [-0.39, 0.29) is 5.75 Å². The number of benzene rings is 2. The normalized spacial score (nSPS) is 10.3. The van der Waals surface area contributed by atoms with Gasteiger partial charge in [0.2, 0.25) is 0 Å². The summed E-state index contributed by atoms with van der Waals surface area (Å²) in [5.41, 5.74) is 1.71. The zero-order chi connectivity index (χ0) is 13.8. The van der Waals surface area contributed by atoms with Crippen molar-refractivity contribution in [3.63, 3.8) is 0 Å². The van der Waals surface area contributed by atoms with Crippen molar-refractivity contribution in [3.8, 4) is 11.5 Å². The molecule has 0 unspecified atom stereocenters. The summed E-state index contributed by atoms with van der Waals surface area (Å²) < 4.78 is 6.20. The number of halogens is 2. The summed E-state index contributed by atoms with van der Waals surface area (Å²) in [4.78, 5) is 0. The molecule has 3 nitrogen and oxygen atoms in total. The number of nitrogens with one attached hydrogen (secondary N) is 1. The van der Waals surface area contributed by atoms with Gasteiger partial charge in [-0.2, -0.15) is 0 Å². The van der Waals surface area contributed by atoms with E-state index in [0.29, 0.717) is 22.9 Å².